The lowest BCUT2D eigenvalue weighted by Gasteiger charge is -2.58. The second-order valence-corrected chi connectivity index (χ2v) is 12.3. The van der Waals surface area contributed by atoms with Crippen molar-refractivity contribution in [3.63, 3.8) is 0 Å². The molecule has 4 fully saturated rings. The number of hydrogen-bond donors (Lipinski definition) is 1. The van der Waals surface area contributed by atoms with Crippen LogP contribution in [0.15, 0.2) is 12.4 Å². The maximum absolute atomic E-state index is 11.5. The molecule has 0 amide bonds. The highest BCUT2D eigenvalue weighted by Gasteiger charge is 2.57. The number of unbranched alkanes of at least 4 members (excludes halogenated alkanes) is 1. The van der Waals surface area contributed by atoms with E-state index in [1.54, 1.807) is 17.1 Å². The van der Waals surface area contributed by atoms with Gasteiger partial charge in [0.2, 0.25) is 0 Å². The van der Waals surface area contributed by atoms with Crippen molar-refractivity contribution in [1.29, 1.82) is 5.26 Å². The van der Waals surface area contributed by atoms with Gasteiger partial charge >= 0.3 is 0 Å². The van der Waals surface area contributed by atoms with E-state index in [1.807, 2.05) is 20.8 Å². The molecule has 5 rings (SSSR count). The van der Waals surface area contributed by atoms with Crippen LogP contribution in [-0.4, -0.2) is 20.5 Å². The fourth-order valence-corrected chi connectivity index (χ4v) is 8.68. The zero-order valence-electron chi connectivity index (χ0n) is 23.6. The van der Waals surface area contributed by atoms with E-state index in [1.165, 1.54) is 70.6 Å². The second-order valence-electron chi connectivity index (χ2n) is 12.3. The molecule has 36 heavy (non-hydrogen) atoms. The minimum absolute atomic E-state index is 0. The lowest BCUT2D eigenvalue weighted by Crippen LogP contribution is -2.51. The molecule has 1 aromatic heterocycles. The van der Waals surface area contributed by atoms with E-state index in [2.05, 4.69) is 31.9 Å². The van der Waals surface area contributed by atoms with Gasteiger partial charge in [0.25, 0.3) is 0 Å². The first-order valence-electron chi connectivity index (χ1n) is 15.0. The highest BCUT2D eigenvalue weighted by atomic mass is 16.3. The summed E-state index contributed by atoms with van der Waals surface area (Å²) in [6.45, 7) is 13.5. The van der Waals surface area contributed by atoms with Crippen molar-refractivity contribution in [3.8, 4) is 6.07 Å². The molecule has 6 unspecified atom stereocenters. The summed E-state index contributed by atoms with van der Waals surface area (Å²) in [5.41, 5.74) is 0.412. The van der Waals surface area contributed by atoms with Crippen molar-refractivity contribution in [2.75, 3.05) is 0 Å². The van der Waals surface area contributed by atoms with Crippen LogP contribution >= 0.6 is 0 Å². The van der Waals surface area contributed by atoms with Crippen LogP contribution in [0.4, 0.5) is 0 Å². The van der Waals surface area contributed by atoms with Gasteiger partial charge in [0.15, 0.2) is 0 Å². The number of hydrogen-bond acceptors (Lipinski definition) is 3. The molecule has 0 saturated heterocycles. The Morgan fingerprint density at radius 1 is 1.03 bits per heavy atom. The van der Waals surface area contributed by atoms with Crippen molar-refractivity contribution in [2.24, 2.45) is 40.9 Å². The Labute approximate surface area is 223 Å². The van der Waals surface area contributed by atoms with Crippen LogP contribution in [-0.2, 0) is 6.54 Å². The summed E-state index contributed by atoms with van der Waals surface area (Å²) >= 11 is 0. The number of fused-ring (bicyclic) bond motifs is 5. The first-order valence-corrected chi connectivity index (χ1v) is 15.0. The van der Waals surface area contributed by atoms with Crippen LogP contribution in [0.1, 0.15) is 132 Å². The van der Waals surface area contributed by atoms with E-state index in [-0.39, 0.29) is 7.43 Å². The van der Waals surface area contributed by atoms with Crippen LogP contribution in [0, 0.1) is 52.3 Å². The van der Waals surface area contributed by atoms with Crippen molar-refractivity contribution in [2.45, 2.75) is 138 Å². The van der Waals surface area contributed by atoms with E-state index >= 15 is 0 Å². The van der Waals surface area contributed by atoms with Crippen LogP contribution in [0.2, 0.25) is 0 Å². The number of aliphatic hydroxyl groups is 1. The molecule has 4 aliphatic rings. The normalized spacial score (nSPS) is 36.1. The highest BCUT2D eigenvalue weighted by molar-refractivity contribution is 5.21. The molecular weight excluding hydrogens is 442 g/mol. The summed E-state index contributed by atoms with van der Waals surface area (Å²) in [6.07, 6.45) is 19.9. The molecule has 1 aromatic rings. The van der Waals surface area contributed by atoms with E-state index in [9.17, 15) is 5.11 Å². The number of nitrogens with zero attached hydrogens (tertiary/aromatic N) is 3. The van der Waals surface area contributed by atoms with Crippen LogP contribution in [0.3, 0.4) is 0 Å². The van der Waals surface area contributed by atoms with Gasteiger partial charge < -0.3 is 5.11 Å². The average Bonchev–Trinajstić information content (AvgIpc) is 3.52. The monoisotopic (exact) mass is 499 g/mol. The van der Waals surface area contributed by atoms with Gasteiger partial charge in [0.05, 0.1) is 23.9 Å². The standard InChI is InChI=1S/C25H37N3O.C4H10.C2H6.CH4/c1-24-12-4-3-5-18(24)6-7-20-19-8-11-23(21(19)9-10-22(20)24)25(2,29)16-28-15-17(13-26)14-27-28;1-3-4-2;1-2;/h14-15,18-23,29H,3-12,16H2,1-2H3;3-4H2,1-2H3;1-2H3;1H4/t18?,19?,20?,21?,22?,23-,24?,25-;;;/m0.../s1. The number of nitriles is 1. The summed E-state index contributed by atoms with van der Waals surface area (Å²) < 4.78 is 1.77. The molecule has 0 aromatic carbocycles. The largest absolute Gasteiger partial charge is 0.388 e. The molecule has 4 aliphatic carbocycles. The van der Waals surface area contributed by atoms with Crippen molar-refractivity contribution >= 4 is 0 Å². The molecule has 4 nitrogen and oxygen atoms in total. The highest BCUT2D eigenvalue weighted by Crippen LogP contribution is 2.64. The zero-order valence-corrected chi connectivity index (χ0v) is 23.6. The maximum atomic E-state index is 11.5. The van der Waals surface area contributed by atoms with Crippen LogP contribution < -0.4 is 0 Å². The summed E-state index contributed by atoms with van der Waals surface area (Å²) in [5, 5.41) is 24.8. The lowest BCUT2D eigenvalue weighted by molar-refractivity contribution is -0.103. The molecule has 0 aliphatic heterocycles. The molecule has 4 saturated carbocycles. The van der Waals surface area contributed by atoms with Gasteiger partial charge in [-0.2, -0.15) is 10.4 Å². The molecular formula is C32H57N3O. The quantitative estimate of drug-likeness (QED) is 0.451. The molecule has 1 N–H and O–H groups in total. The van der Waals surface area contributed by atoms with Gasteiger partial charge in [-0.05, 0) is 99.2 Å². The Morgan fingerprint density at radius 3 is 2.33 bits per heavy atom. The Morgan fingerprint density at radius 2 is 1.69 bits per heavy atom. The van der Waals surface area contributed by atoms with Gasteiger partial charge in [0, 0.05) is 6.20 Å². The first-order chi connectivity index (χ1) is 16.8. The average molecular weight is 500 g/mol. The smallest absolute Gasteiger partial charge is 0.102 e. The van der Waals surface area contributed by atoms with Crippen LogP contribution in [0.5, 0.6) is 0 Å². The summed E-state index contributed by atoms with van der Waals surface area (Å²) in [4.78, 5) is 0. The van der Waals surface area contributed by atoms with Crippen molar-refractivity contribution < 1.29 is 5.11 Å². The van der Waals surface area contributed by atoms with E-state index in [4.69, 9.17) is 5.26 Å². The Hall–Kier alpha value is -1.34. The first kappa shape index (κ1) is 30.9. The van der Waals surface area contributed by atoms with Crippen LogP contribution in [0.25, 0.3) is 0 Å². The van der Waals surface area contributed by atoms with Gasteiger partial charge in [-0.15, -0.1) is 0 Å². The fraction of sp³-hybridized carbons (Fsp3) is 0.875. The predicted octanol–water partition coefficient (Wildman–Crippen LogP) is 8.63. The van der Waals surface area contributed by atoms with E-state index in [0.717, 1.165) is 30.1 Å². The second kappa shape index (κ2) is 13.5. The SMILES string of the molecule is C.CC.CC12CCCCC1CCC1C3CC[C@H]([C@@](C)(O)Cn4cc(C#N)cn4)C3CCC12.CCCC. The van der Waals surface area contributed by atoms with E-state index < -0.39 is 5.60 Å². The summed E-state index contributed by atoms with van der Waals surface area (Å²) in [7, 11) is 0. The third kappa shape index (κ3) is 6.20. The molecule has 8 atom stereocenters. The minimum atomic E-state index is -0.753. The lowest BCUT2D eigenvalue weighted by atomic mass is 9.47. The molecule has 0 spiro atoms. The summed E-state index contributed by atoms with van der Waals surface area (Å²) in [5.74, 6) is 4.64. The third-order valence-corrected chi connectivity index (χ3v) is 10.4. The van der Waals surface area contributed by atoms with Crippen molar-refractivity contribution in [3.05, 3.63) is 18.0 Å². The predicted molar refractivity (Wildman–Crippen MR) is 151 cm³/mol. The van der Waals surface area contributed by atoms with E-state index in [0.29, 0.717) is 29.4 Å². The molecule has 206 valence electrons. The Kier molecular flexibility index (Phi) is 11.5. The Balaban J connectivity index is 0.000000597. The number of rotatable bonds is 4. The van der Waals surface area contributed by atoms with Gasteiger partial charge in [-0.3, -0.25) is 4.68 Å². The molecule has 0 radical (unpaired) electrons. The summed E-state index contributed by atoms with van der Waals surface area (Å²) in [6, 6.07) is 2.14. The van der Waals surface area contributed by atoms with Gasteiger partial charge in [-0.1, -0.05) is 67.7 Å². The Bertz CT molecular complexity index is 822. The topological polar surface area (TPSA) is 61.8 Å². The van der Waals surface area contributed by atoms with Gasteiger partial charge in [0.1, 0.15) is 6.07 Å². The third-order valence-electron chi connectivity index (χ3n) is 10.4. The van der Waals surface area contributed by atoms with Crippen molar-refractivity contribution in [1.82, 2.24) is 9.78 Å². The molecule has 4 heteroatoms. The fourth-order valence-electron chi connectivity index (χ4n) is 8.68. The minimum Gasteiger partial charge on any atom is -0.388 e. The zero-order chi connectivity index (χ0) is 25.6. The maximum Gasteiger partial charge on any atom is 0.102 e. The molecule has 0 bridgehead atoms. The number of aromatic nitrogens is 2. The van der Waals surface area contributed by atoms with Gasteiger partial charge in [-0.25, -0.2) is 0 Å². The molecule has 1 heterocycles.